The molecule has 2 saturated heterocycles. The van der Waals surface area contributed by atoms with Gasteiger partial charge in [-0.05, 0) is 19.9 Å². The van der Waals surface area contributed by atoms with Crippen molar-refractivity contribution in [3.63, 3.8) is 0 Å². The van der Waals surface area contributed by atoms with Gasteiger partial charge < -0.3 is 29.6 Å². The van der Waals surface area contributed by atoms with Gasteiger partial charge in [-0.2, -0.15) is 0 Å². The number of nitrogens with one attached hydrogen (secondary N) is 2. The molecule has 0 radical (unpaired) electrons. The Hall–Kier alpha value is -1.74. The number of hydrogen-bond acceptors (Lipinski definition) is 7. The molecule has 4 rings (SSSR count). The number of aromatic nitrogens is 1. The monoisotopic (exact) mass is 335 g/mol. The fourth-order valence-electron chi connectivity index (χ4n) is 3.51. The van der Waals surface area contributed by atoms with Gasteiger partial charge in [0.15, 0.2) is 12.1 Å². The summed E-state index contributed by atoms with van der Waals surface area (Å²) in [5.41, 5.74) is 1.21. The van der Waals surface area contributed by atoms with E-state index in [0.29, 0.717) is 12.2 Å². The lowest BCUT2D eigenvalue weighted by molar-refractivity contribution is -0.349. The molecule has 5 atom stereocenters. The maximum atomic E-state index is 12.5. The Morgan fingerprint density at radius 1 is 1.33 bits per heavy atom. The van der Waals surface area contributed by atoms with E-state index in [1.54, 1.807) is 25.6 Å². The second-order valence-electron chi connectivity index (χ2n) is 6.66. The number of methoxy groups -OCH3 is 1. The molecular weight excluding hydrogens is 314 g/mol. The Kier molecular flexibility index (Phi) is 3.72. The highest BCUT2D eigenvalue weighted by atomic mass is 16.8. The number of nitrogens with zero attached hydrogens (tertiary/aromatic N) is 1. The molecular formula is C16H21N3O5. The predicted octanol–water partition coefficient (Wildman–Crippen LogP) is 0.497. The predicted molar refractivity (Wildman–Crippen MR) is 83.5 cm³/mol. The quantitative estimate of drug-likeness (QED) is 0.772. The smallest absolute Gasteiger partial charge is 0.255 e. The summed E-state index contributed by atoms with van der Waals surface area (Å²) in [7, 11) is 1.56. The summed E-state index contributed by atoms with van der Waals surface area (Å²) in [4.78, 5) is 16.6. The fourth-order valence-corrected chi connectivity index (χ4v) is 3.51. The fraction of sp³-hybridized carbons (Fsp3) is 0.625. The van der Waals surface area contributed by atoms with Crippen LogP contribution < -0.4 is 10.6 Å². The molecule has 3 aliphatic rings. The third-order valence-corrected chi connectivity index (χ3v) is 4.64. The number of rotatable bonds is 1. The summed E-state index contributed by atoms with van der Waals surface area (Å²) in [6, 6.07) is 1.17. The second kappa shape index (κ2) is 5.66. The van der Waals surface area contributed by atoms with Crippen LogP contribution in [0, 0.1) is 0 Å². The Morgan fingerprint density at radius 3 is 2.96 bits per heavy atom. The highest BCUT2D eigenvalue weighted by Gasteiger charge is 2.53. The zero-order valence-corrected chi connectivity index (χ0v) is 13.8. The van der Waals surface area contributed by atoms with Crippen LogP contribution in [0.2, 0.25) is 0 Å². The van der Waals surface area contributed by atoms with Gasteiger partial charge in [-0.15, -0.1) is 0 Å². The minimum atomic E-state index is -0.714. The van der Waals surface area contributed by atoms with Crippen molar-refractivity contribution in [3.05, 3.63) is 24.0 Å². The number of pyridine rings is 1. The van der Waals surface area contributed by atoms with E-state index in [0.717, 1.165) is 5.69 Å². The lowest BCUT2D eigenvalue weighted by Crippen LogP contribution is -2.69. The van der Waals surface area contributed by atoms with Crippen LogP contribution in [0.15, 0.2) is 18.5 Å². The van der Waals surface area contributed by atoms with Crippen molar-refractivity contribution in [2.24, 2.45) is 0 Å². The summed E-state index contributed by atoms with van der Waals surface area (Å²) >= 11 is 0. The molecule has 2 N–H and O–H groups in total. The van der Waals surface area contributed by atoms with Gasteiger partial charge in [0, 0.05) is 19.5 Å². The molecule has 4 heterocycles. The standard InChI is InChI=1S/C16H21N3O5/c1-16(2)22-7-10-13(24-16)11-12(15(21-3)23-10)19-14(20)8-6-17-5-4-9(8)18-11/h4-6,10-13,15,18H,7H2,1-3H3,(H,19,20)/t10-,11-,12-,13-,15-/m1/s1. The molecule has 8 heteroatoms. The van der Waals surface area contributed by atoms with E-state index in [4.69, 9.17) is 18.9 Å². The number of carbonyl (C=O) groups is 1. The SMILES string of the molecule is CO[C@@H]1O[C@@H]2COC(C)(C)O[C@H]2[C@@H]2Nc3ccncc3C(=O)N[C@@H]12. The first-order valence-corrected chi connectivity index (χ1v) is 8.00. The molecule has 0 unspecified atom stereocenters. The number of amides is 1. The van der Waals surface area contributed by atoms with Gasteiger partial charge in [-0.25, -0.2) is 0 Å². The highest BCUT2D eigenvalue weighted by Crippen LogP contribution is 2.35. The number of hydrogen-bond donors (Lipinski definition) is 2. The van der Waals surface area contributed by atoms with Crippen molar-refractivity contribution < 1.29 is 23.7 Å². The van der Waals surface area contributed by atoms with E-state index in [9.17, 15) is 4.79 Å². The van der Waals surface area contributed by atoms with E-state index < -0.39 is 18.1 Å². The number of carbonyl (C=O) groups excluding carboxylic acids is 1. The minimum Gasteiger partial charge on any atom is -0.377 e. The van der Waals surface area contributed by atoms with Gasteiger partial charge in [0.25, 0.3) is 5.91 Å². The molecule has 0 saturated carbocycles. The molecule has 1 amide bonds. The maximum absolute atomic E-state index is 12.5. The van der Waals surface area contributed by atoms with Crippen LogP contribution in [0.4, 0.5) is 5.69 Å². The largest absolute Gasteiger partial charge is 0.377 e. The Balaban J connectivity index is 1.72. The topological polar surface area (TPSA) is 90.9 Å². The lowest BCUT2D eigenvalue weighted by Gasteiger charge is -2.51. The molecule has 0 aliphatic carbocycles. The molecule has 0 spiro atoms. The lowest BCUT2D eigenvalue weighted by atomic mass is 9.93. The van der Waals surface area contributed by atoms with Crippen LogP contribution in [0.5, 0.6) is 0 Å². The number of anilines is 1. The van der Waals surface area contributed by atoms with E-state index in [1.807, 2.05) is 13.8 Å². The average molecular weight is 335 g/mol. The van der Waals surface area contributed by atoms with Crippen LogP contribution in [-0.4, -0.2) is 61.0 Å². The second-order valence-corrected chi connectivity index (χ2v) is 6.66. The molecule has 2 fully saturated rings. The van der Waals surface area contributed by atoms with E-state index in [-0.39, 0.29) is 24.2 Å². The zero-order chi connectivity index (χ0) is 16.9. The summed E-state index contributed by atoms with van der Waals surface area (Å²) in [5.74, 6) is -0.929. The van der Waals surface area contributed by atoms with Gasteiger partial charge in [0.2, 0.25) is 0 Å². The normalized spacial score (nSPS) is 37.1. The van der Waals surface area contributed by atoms with Crippen molar-refractivity contribution in [1.82, 2.24) is 10.3 Å². The number of fused-ring (bicyclic) bond motifs is 4. The van der Waals surface area contributed by atoms with Crippen molar-refractivity contribution in [3.8, 4) is 0 Å². The summed E-state index contributed by atoms with van der Waals surface area (Å²) < 4.78 is 23.2. The molecule has 130 valence electrons. The molecule has 0 aromatic carbocycles. The average Bonchev–Trinajstić information content (AvgIpc) is 2.71. The van der Waals surface area contributed by atoms with Gasteiger partial charge >= 0.3 is 0 Å². The molecule has 8 nitrogen and oxygen atoms in total. The van der Waals surface area contributed by atoms with Crippen molar-refractivity contribution >= 4 is 11.6 Å². The molecule has 1 aromatic heterocycles. The van der Waals surface area contributed by atoms with Crippen LogP contribution in [-0.2, 0) is 18.9 Å². The Labute approximate surface area is 139 Å². The van der Waals surface area contributed by atoms with Crippen LogP contribution in [0.3, 0.4) is 0 Å². The Bertz CT molecular complexity index is 652. The minimum absolute atomic E-state index is 0.214. The van der Waals surface area contributed by atoms with E-state index >= 15 is 0 Å². The van der Waals surface area contributed by atoms with Crippen molar-refractivity contribution in [2.75, 3.05) is 19.0 Å². The summed E-state index contributed by atoms with van der Waals surface area (Å²) in [6.45, 7) is 4.14. The first-order valence-electron chi connectivity index (χ1n) is 8.00. The van der Waals surface area contributed by atoms with E-state index in [1.165, 1.54) is 0 Å². The first kappa shape index (κ1) is 15.8. The van der Waals surface area contributed by atoms with Gasteiger partial charge in [-0.1, -0.05) is 0 Å². The zero-order valence-electron chi connectivity index (χ0n) is 13.8. The summed E-state index contributed by atoms with van der Waals surface area (Å²) in [6.07, 6.45) is 2.04. The van der Waals surface area contributed by atoms with Gasteiger partial charge in [-0.3, -0.25) is 9.78 Å². The van der Waals surface area contributed by atoms with Crippen LogP contribution in [0.25, 0.3) is 0 Å². The highest BCUT2D eigenvalue weighted by molar-refractivity contribution is 6.00. The maximum Gasteiger partial charge on any atom is 0.255 e. The summed E-state index contributed by atoms with van der Waals surface area (Å²) in [5, 5.41) is 6.42. The van der Waals surface area contributed by atoms with Gasteiger partial charge in [0.05, 0.1) is 23.9 Å². The van der Waals surface area contributed by atoms with Crippen molar-refractivity contribution in [1.29, 1.82) is 0 Å². The molecule has 3 aliphatic heterocycles. The Morgan fingerprint density at radius 2 is 2.17 bits per heavy atom. The molecule has 0 bridgehead atoms. The van der Waals surface area contributed by atoms with Crippen LogP contribution >= 0.6 is 0 Å². The first-order chi connectivity index (χ1) is 11.5. The van der Waals surface area contributed by atoms with Crippen molar-refractivity contribution in [2.45, 2.75) is 50.2 Å². The molecule has 24 heavy (non-hydrogen) atoms. The third-order valence-electron chi connectivity index (χ3n) is 4.64. The van der Waals surface area contributed by atoms with E-state index in [2.05, 4.69) is 15.6 Å². The third kappa shape index (κ3) is 2.55. The van der Waals surface area contributed by atoms with Crippen LogP contribution in [0.1, 0.15) is 24.2 Å². The van der Waals surface area contributed by atoms with Gasteiger partial charge in [0.1, 0.15) is 18.2 Å². The number of ether oxygens (including phenoxy) is 4. The molecule has 1 aromatic rings.